The van der Waals surface area contributed by atoms with Gasteiger partial charge >= 0.3 is 0 Å². The van der Waals surface area contributed by atoms with E-state index in [9.17, 15) is 4.79 Å². The minimum Gasteiger partial charge on any atom is -0.366 e. The van der Waals surface area contributed by atoms with Crippen LogP contribution in [0.5, 0.6) is 0 Å². The van der Waals surface area contributed by atoms with Gasteiger partial charge in [0.2, 0.25) is 5.91 Å². The fourth-order valence-corrected chi connectivity index (χ4v) is 0.811. The number of amides is 1. The molecule has 60 valence electrons. The summed E-state index contributed by atoms with van der Waals surface area (Å²) in [6.45, 7) is 1.09. The molecule has 1 rings (SSSR count). The van der Waals surface area contributed by atoms with Crippen molar-refractivity contribution in [3.8, 4) is 0 Å². The molecular formula is C5H8N4O2. The average Bonchev–Trinajstić information content (AvgIpc) is 2.03. The van der Waals surface area contributed by atoms with Gasteiger partial charge < -0.3 is 10.1 Å². The highest BCUT2D eigenvalue weighted by molar-refractivity contribution is 5.81. The quantitative estimate of drug-likeness (QED) is 0.341. The second kappa shape index (κ2) is 3.80. The van der Waals surface area contributed by atoms with E-state index in [1.54, 1.807) is 0 Å². The van der Waals surface area contributed by atoms with Gasteiger partial charge in [0.25, 0.3) is 0 Å². The lowest BCUT2D eigenvalue weighted by molar-refractivity contribution is -0.136. The zero-order valence-corrected chi connectivity index (χ0v) is 5.86. The van der Waals surface area contributed by atoms with Gasteiger partial charge in [-0.1, -0.05) is 5.11 Å². The topological polar surface area (TPSA) is 87.1 Å². The van der Waals surface area contributed by atoms with Gasteiger partial charge in [0, 0.05) is 11.5 Å². The number of carbonyl (C=O) groups is 1. The number of nitrogens with one attached hydrogen (secondary N) is 1. The van der Waals surface area contributed by atoms with Gasteiger partial charge in [-0.2, -0.15) is 0 Å². The van der Waals surface area contributed by atoms with Crippen LogP contribution in [-0.2, 0) is 9.53 Å². The van der Waals surface area contributed by atoms with E-state index < -0.39 is 6.10 Å². The standard InChI is InChI=1S/C5H8N4O2/c6-9-8-3-4-5(10)7-1-2-11-4/h4H,1-3H2,(H,7,10). The summed E-state index contributed by atoms with van der Waals surface area (Å²) in [4.78, 5) is 13.4. The third-order valence-electron chi connectivity index (χ3n) is 1.32. The Morgan fingerprint density at radius 2 is 2.73 bits per heavy atom. The van der Waals surface area contributed by atoms with Gasteiger partial charge in [-0.05, 0) is 5.53 Å². The van der Waals surface area contributed by atoms with Crippen LogP contribution < -0.4 is 5.32 Å². The van der Waals surface area contributed by atoms with Crippen LogP contribution in [0.15, 0.2) is 5.11 Å². The normalized spacial score (nSPS) is 23.6. The highest BCUT2D eigenvalue weighted by Crippen LogP contribution is 1.97. The van der Waals surface area contributed by atoms with Crippen LogP contribution >= 0.6 is 0 Å². The lowest BCUT2D eigenvalue weighted by Gasteiger charge is -2.20. The molecule has 1 saturated heterocycles. The minimum atomic E-state index is -0.598. The number of azide groups is 1. The molecule has 0 aromatic rings. The van der Waals surface area contributed by atoms with Crippen molar-refractivity contribution in [3.05, 3.63) is 10.4 Å². The third-order valence-corrected chi connectivity index (χ3v) is 1.32. The molecule has 6 nitrogen and oxygen atoms in total. The summed E-state index contributed by atoms with van der Waals surface area (Å²) in [7, 11) is 0. The number of nitrogens with zero attached hydrogens (tertiary/aromatic N) is 3. The van der Waals surface area contributed by atoms with E-state index in [4.69, 9.17) is 10.3 Å². The van der Waals surface area contributed by atoms with Crippen LogP contribution in [0.2, 0.25) is 0 Å². The van der Waals surface area contributed by atoms with Crippen LogP contribution in [0.4, 0.5) is 0 Å². The molecule has 0 aromatic heterocycles. The summed E-state index contributed by atoms with van der Waals surface area (Å²) in [5.41, 5.74) is 7.95. The Hall–Kier alpha value is -1.26. The summed E-state index contributed by atoms with van der Waals surface area (Å²) >= 11 is 0. The molecule has 1 amide bonds. The Labute approximate surface area is 63.2 Å². The van der Waals surface area contributed by atoms with Gasteiger partial charge in [-0.25, -0.2) is 0 Å². The molecule has 1 aliphatic heterocycles. The third kappa shape index (κ3) is 2.10. The number of rotatable bonds is 2. The van der Waals surface area contributed by atoms with E-state index in [1.165, 1.54) is 0 Å². The maximum absolute atomic E-state index is 10.9. The Morgan fingerprint density at radius 1 is 1.91 bits per heavy atom. The van der Waals surface area contributed by atoms with Crippen LogP contribution in [0.1, 0.15) is 0 Å². The Morgan fingerprint density at radius 3 is 3.36 bits per heavy atom. The molecule has 1 fully saturated rings. The van der Waals surface area contributed by atoms with Gasteiger partial charge in [0.15, 0.2) is 0 Å². The molecule has 11 heavy (non-hydrogen) atoms. The molecule has 0 aliphatic carbocycles. The molecule has 0 bridgehead atoms. The van der Waals surface area contributed by atoms with Crippen molar-refractivity contribution in [2.45, 2.75) is 6.10 Å². The monoisotopic (exact) mass is 156 g/mol. The first-order chi connectivity index (χ1) is 5.34. The predicted octanol–water partition coefficient (Wildman–Crippen LogP) is -0.188. The van der Waals surface area contributed by atoms with Gasteiger partial charge in [0.1, 0.15) is 6.10 Å². The molecule has 0 spiro atoms. The lowest BCUT2D eigenvalue weighted by atomic mass is 10.3. The van der Waals surface area contributed by atoms with Crippen LogP contribution in [0.25, 0.3) is 10.4 Å². The molecule has 1 N–H and O–H groups in total. The largest absolute Gasteiger partial charge is 0.366 e. The first-order valence-electron chi connectivity index (χ1n) is 3.25. The number of hydrogen-bond donors (Lipinski definition) is 1. The van der Waals surface area contributed by atoms with Crippen LogP contribution in [0, 0.1) is 0 Å². The van der Waals surface area contributed by atoms with Crippen molar-refractivity contribution < 1.29 is 9.53 Å². The SMILES string of the molecule is [N-]=[N+]=NCC1OCCNC1=O. The van der Waals surface area contributed by atoms with E-state index in [0.29, 0.717) is 13.2 Å². The molecule has 6 heteroatoms. The second-order valence-electron chi connectivity index (χ2n) is 2.06. The summed E-state index contributed by atoms with van der Waals surface area (Å²) < 4.78 is 5.02. The van der Waals surface area contributed by atoms with E-state index in [-0.39, 0.29) is 12.5 Å². The van der Waals surface area contributed by atoms with Gasteiger partial charge in [-0.3, -0.25) is 4.79 Å². The van der Waals surface area contributed by atoms with Crippen LogP contribution in [-0.4, -0.2) is 31.7 Å². The average molecular weight is 156 g/mol. The summed E-state index contributed by atoms with van der Waals surface area (Å²) in [5, 5.41) is 5.83. The number of morpholine rings is 1. The highest BCUT2D eigenvalue weighted by Gasteiger charge is 2.21. The maximum atomic E-state index is 10.9. The number of ether oxygens (including phenoxy) is 1. The van der Waals surface area contributed by atoms with Crippen molar-refractivity contribution in [2.24, 2.45) is 5.11 Å². The van der Waals surface area contributed by atoms with E-state index >= 15 is 0 Å². The zero-order valence-electron chi connectivity index (χ0n) is 5.86. The number of hydrogen-bond acceptors (Lipinski definition) is 3. The zero-order chi connectivity index (χ0) is 8.10. The summed E-state index contributed by atoms with van der Waals surface area (Å²) in [6, 6.07) is 0. The van der Waals surface area contributed by atoms with Crippen molar-refractivity contribution in [2.75, 3.05) is 19.7 Å². The van der Waals surface area contributed by atoms with Crippen molar-refractivity contribution in [1.82, 2.24) is 5.32 Å². The second-order valence-corrected chi connectivity index (χ2v) is 2.06. The van der Waals surface area contributed by atoms with Crippen LogP contribution in [0.3, 0.4) is 0 Å². The highest BCUT2D eigenvalue weighted by atomic mass is 16.5. The molecule has 0 aromatic carbocycles. The molecule has 0 saturated carbocycles. The van der Waals surface area contributed by atoms with E-state index in [0.717, 1.165) is 0 Å². The molecule has 1 unspecified atom stereocenters. The first kappa shape index (κ1) is 7.84. The molecule has 1 atom stereocenters. The van der Waals surface area contributed by atoms with Crippen molar-refractivity contribution in [3.63, 3.8) is 0 Å². The fraction of sp³-hybridized carbons (Fsp3) is 0.800. The number of carbonyl (C=O) groups excluding carboxylic acids is 1. The summed E-state index contributed by atoms with van der Waals surface area (Å²) in [6.07, 6.45) is -0.598. The maximum Gasteiger partial charge on any atom is 0.249 e. The van der Waals surface area contributed by atoms with E-state index in [2.05, 4.69) is 15.3 Å². The predicted molar refractivity (Wildman–Crippen MR) is 36.8 cm³/mol. The van der Waals surface area contributed by atoms with Crippen molar-refractivity contribution >= 4 is 5.91 Å². The Bertz CT molecular complexity index is 199. The Balaban J connectivity index is 2.41. The van der Waals surface area contributed by atoms with E-state index in [1.807, 2.05) is 0 Å². The van der Waals surface area contributed by atoms with Crippen molar-refractivity contribution in [1.29, 1.82) is 0 Å². The van der Waals surface area contributed by atoms with Gasteiger partial charge in [-0.15, -0.1) is 0 Å². The Kier molecular flexibility index (Phi) is 2.71. The smallest absolute Gasteiger partial charge is 0.249 e. The molecule has 0 radical (unpaired) electrons. The molecule has 1 heterocycles. The molecule has 1 aliphatic rings. The first-order valence-corrected chi connectivity index (χ1v) is 3.25. The lowest BCUT2D eigenvalue weighted by Crippen LogP contribution is -2.45. The summed E-state index contributed by atoms with van der Waals surface area (Å²) in [5.74, 6) is -0.205. The fourth-order valence-electron chi connectivity index (χ4n) is 0.811. The van der Waals surface area contributed by atoms with Gasteiger partial charge in [0.05, 0.1) is 13.2 Å². The minimum absolute atomic E-state index is 0.0718. The molecular weight excluding hydrogens is 148 g/mol.